The largest absolute Gasteiger partial charge is 0.357 e. The third-order valence-corrected chi connectivity index (χ3v) is 4.15. The number of aryl methyl sites for hydroxylation is 1. The molecule has 0 saturated carbocycles. The van der Waals surface area contributed by atoms with Crippen LogP contribution in [-0.4, -0.2) is 21.1 Å². The van der Waals surface area contributed by atoms with Crippen molar-refractivity contribution in [2.75, 3.05) is 11.9 Å². The minimum Gasteiger partial charge on any atom is -0.357 e. The number of hydrogen-bond acceptors (Lipinski definition) is 5. The van der Waals surface area contributed by atoms with Gasteiger partial charge in [-0.25, -0.2) is 4.98 Å². The number of anilines is 1. The fourth-order valence-electron chi connectivity index (χ4n) is 2.22. The summed E-state index contributed by atoms with van der Waals surface area (Å²) in [5.41, 5.74) is 1.86. The van der Waals surface area contributed by atoms with Crippen LogP contribution in [-0.2, 0) is 6.42 Å². The number of hydrogen-bond donors (Lipinski definition) is 1. The zero-order valence-corrected chi connectivity index (χ0v) is 13.7. The first kappa shape index (κ1) is 15.4. The summed E-state index contributed by atoms with van der Waals surface area (Å²) < 4.78 is 1.35. The van der Waals surface area contributed by atoms with Gasteiger partial charge in [0.05, 0.1) is 0 Å². The molecular weight excluding hydrogens is 308 g/mol. The molecule has 1 aromatic carbocycles. The summed E-state index contributed by atoms with van der Waals surface area (Å²) in [6, 6.07) is 11.7. The molecule has 0 spiro atoms. The average Bonchev–Trinajstić information content (AvgIpc) is 2.96. The third-order valence-electron chi connectivity index (χ3n) is 3.29. The average molecular weight is 326 g/mol. The fourth-order valence-corrected chi connectivity index (χ4v) is 3.05. The minimum atomic E-state index is -0.123. The van der Waals surface area contributed by atoms with Crippen LogP contribution in [0.3, 0.4) is 0 Å². The Balaban J connectivity index is 1.70. The highest BCUT2D eigenvalue weighted by Gasteiger charge is 2.07. The van der Waals surface area contributed by atoms with Crippen molar-refractivity contribution in [1.82, 2.24) is 14.6 Å². The second-order valence-electron chi connectivity index (χ2n) is 5.13. The number of aromatic nitrogens is 3. The van der Waals surface area contributed by atoms with Crippen LogP contribution in [0.1, 0.15) is 24.6 Å². The van der Waals surface area contributed by atoms with E-state index in [0.717, 1.165) is 24.1 Å². The van der Waals surface area contributed by atoms with Gasteiger partial charge in [0.15, 0.2) is 0 Å². The van der Waals surface area contributed by atoms with Crippen molar-refractivity contribution in [3.05, 3.63) is 64.1 Å². The molecule has 0 atom stereocenters. The van der Waals surface area contributed by atoms with Crippen molar-refractivity contribution in [2.45, 2.75) is 19.8 Å². The van der Waals surface area contributed by atoms with Gasteiger partial charge >= 0.3 is 0 Å². The van der Waals surface area contributed by atoms with Gasteiger partial charge in [-0.1, -0.05) is 67.2 Å². The molecule has 118 valence electrons. The van der Waals surface area contributed by atoms with Crippen molar-refractivity contribution in [1.29, 1.82) is 0 Å². The molecule has 0 fully saturated rings. The molecule has 0 bridgehead atoms. The van der Waals surface area contributed by atoms with E-state index in [-0.39, 0.29) is 5.56 Å². The van der Waals surface area contributed by atoms with Crippen molar-refractivity contribution in [3.8, 4) is 0 Å². The van der Waals surface area contributed by atoms with Gasteiger partial charge in [0.2, 0.25) is 10.1 Å². The molecule has 2 heterocycles. The number of fused-ring (bicyclic) bond motifs is 1. The molecule has 5 nitrogen and oxygen atoms in total. The van der Waals surface area contributed by atoms with E-state index in [2.05, 4.69) is 22.3 Å². The summed E-state index contributed by atoms with van der Waals surface area (Å²) in [5.74, 6) is 0. The molecule has 0 aliphatic carbocycles. The van der Waals surface area contributed by atoms with Gasteiger partial charge in [0, 0.05) is 18.3 Å². The quantitative estimate of drug-likeness (QED) is 0.755. The lowest BCUT2D eigenvalue weighted by molar-refractivity contribution is 0.841. The highest BCUT2D eigenvalue weighted by molar-refractivity contribution is 7.20. The Bertz CT molecular complexity index is 867. The Morgan fingerprint density at radius 3 is 2.91 bits per heavy atom. The monoisotopic (exact) mass is 326 g/mol. The summed E-state index contributed by atoms with van der Waals surface area (Å²) in [6.45, 7) is 2.72. The van der Waals surface area contributed by atoms with Crippen LogP contribution < -0.4 is 10.9 Å². The third kappa shape index (κ3) is 3.84. The maximum Gasteiger partial charge on any atom is 0.275 e. The zero-order chi connectivity index (χ0) is 16.1. The molecular formula is C17H18N4OS. The van der Waals surface area contributed by atoms with E-state index < -0.39 is 0 Å². The summed E-state index contributed by atoms with van der Waals surface area (Å²) in [5, 5.41) is 8.17. The Kier molecular flexibility index (Phi) is 4.83. The molecule has 2 aromatic heterocycles. The van der Waals surface area contributed by atoms with Crippen molar-refractivity contribution >= 4 is 27.5 Å². The molecule has 0 radical (unpaired) electrons. The van der Waals surface area contributed by atoms with E-state index in [9.17, 15) is 4.79 Å². The summed E-state index contributed by atoms with van der Waals surface area (Å²) >= 11 is 1.39. The number of benzene rings is 1. The Labute approximate surface area is 138 Å². The molecule has 1 N–H and O–H groups in total. The molecule has 0 saturated heterocycles. The maximum atomic E-state index is 12.0. The molecule has 3 rings (SSSR count). The Morgan fingerprint density at radius 1 is 1.30 bits per heavy atom. The van der Waals surface area contributed by atoms with Crippen LogP contribution in [0.25, 0.3) is 11.0 Å². The van der Waals surface area contributed by atoms with Crippen molar-refractivity contribution in [2.24, 2.45) is 0 Å². The fraction of sp³-hybridized carbons (Fsp3) is 0.235. The minimum absolute atomic E-state index is 0.123. The SMILES string of the molecule is CCCc1cc(=O)n2nc(NC/C=C/c3ccccc3)sc2n1. The zero-order valence-electron chi connectivity index (χ0n) is 12.9. The van der Waals surface area contributed by atoms with E-state index in [4.69, 9.17) is 0 Å². The van der Waals surface area contributed by atoms with Crippen LogP contribution in [0, 0.1) is 0 Å². The highest BCUT2D eigenvalue weighted by atomic mass is 32.1. The Morgan fingerprint density at radius 2 is 2.13 bits per heavy atom. The topological polar surface area (TPSA) is 59.3 Å². The van der Waals surface area contributed by atoms with Crippen molar-refractivity contribution < 1.29 is 0 Å². The van der Waals surface area contributed by atoms with Crippen molar-refractivity contribution in [3.63, 3.8) is 0 Å². The molecule has 0 unspecified atom stereocenters. The first-order valence-corrected chi connectivity index (χ1v) is 8.43. The molecule has 6 heteroatoms. The second-order valence-corrected chi connectivity index (χ2v) is 6.09. The maximum absolute atomic E-state index is 12.0. The predicted molar refractivity (Wildman–Crippen MR) is 95.1 cm³/mol. The Hall–Kier alpha value is -2.47. The molecule has 23 heavy (non-hydrogen) atoms. The summed E-state index contributed by atoms with van der Waals surface area (Å²) in [6.07, 6.45) is 5.85. The molecule has 0 aliphatic heterocycles. The first-order chi connectivity index (χ1) is 11.3. The van der Waals surface area contributed by atoms with E-state index >= 15 is 0 Å². The summed E-state index contributed by atoms with van der Waals surface area (Å²) in [4.78, 5) is 17.1. The van der Waals surface area contributed by atoms with E-state index in [1.807, 2.05) is 42.5 Å². The number of rotatable bonds is 6. The summed E-state index contributed by atoms with van der Waals surface area (Å²) in [7, 11) is 0. The van der Waals surface area contributed by atoms with Gasteiger partial charge in [-0.05, 0) is 12.0 Å². The normalized spacial score (nSPS) is 11.3. The van der Waals surface area contributed by atoms with Crippen LogP contribution in [0.15, 0.2) is 47.3 Å². The highest BCUT2D eigenvalue weighted by Crippen LogP contribution is 2.16. The van der Waals surface area contributed by atoms with Gasteiger partial charge in [0.1, 0.15) is 0 Å². The predicted octanol–water partition coefficient (Wildman–Crippen LogP) is 3.23. The van der Waals surface area contributed by atoms with Gasteiger partial charge in [0.25, 0.3) is 5.56 Å². The number of nitrogens with one attached hydrogen (secondary N) is 1. The van der Waals surface area contributed by atoms with Crippen LogP contribution >= 0.6 is 11.3 Å². The van der Waals surface area contributed by atoms with Gasteiger partial charge < -0.3 is 5.32 Å². The van der Waals surface area contributed by atoms with Crippen LogP contribution in [0.2, 0.25) is 0 Å². The number of nitrogens with zero attached hydrogens (tertiary/aromatic N) is 3. The molecule has 0 amide bonds. The van der Waals surface area contributed by atoms with Gasteiger partial charge in [-0.2, -0.15) is 4.52 Å². The smallest absolute Gasteiger partial charge is 0.275 e. The van der Waals surface area contributed by atoms with E-state index in [1.54, 1.807) is 6.07 Å². The molecule has 3 aromatic rings. The first-order valence-electron chi connectivity index (χ1n) is 7.61. The lowest BCUT2D eigenvalue weighted by Crippen LogP contribution is -2.15. The molecule has 0 aliphatic rings. The van der Waals surface area contributed by atoms with Crippen LogP contribution in [0.4, 0.5) is 5.13 Å². The van der Waals surface area contributed by atoms with Crippen LogP contribution in [0.5, 0.6) is 0 Å². The lowest BCUT2D eigenvalue weighted by atomic mass is 10.2. The van der Waals surface area contributed by atoms with Gasteiger partial charge in [-0.3, -0.25) is 4.79 Å². The second kappa shape index (κ2) is 7.19. The van der Waals surface area contributed by atoms with E-state index in [0.29, 0.717) is 16.6 Å². The van der Waals surface area contributed by atoms with E-state index in [1.165, 1.54) is 15.9 Å². The standard InChI is InChI=1S/C17H18N4OS/c1-2-7-14-12-15(22)21-17(19-14)23-16(20-21)18-11-6-10-13-8-4-3-5-9-13/h3-6,8-10,12H,2,7,11H2,1H3,(H,18,20)/b10-6+. The van der Waals surface area contributed by atoms with Gasteiger partial charge in [-0.15, -0.1) is 5.10 Å². The lowest BCUT2D eigenvalue weighted by Gasteiger charge is -1.96.